The molecule has 0 aromatic rings. The molecule has 1 N–H and O–H groups in total. The average Bonchev–Trinajstić information content (AvgIpc) is 2.17. The third-order valence-corrected chi connectivity index (χ3v) is 11.8. The Balaban J connectivity index is 4.24. The normalized spacial score (nSPS) is 19.5. The molecule has 0 saturated carbocycles. The first-order valence-corrected chi connectivity index (χ1v) is 11.3. The first-order valence-electron chi connectivity index (χ1n) is 4.98. The lowest BCUT2D eigenvalue weighted by Gasteiger charge is -2.14. The molecule has 15 heavy (non-hydrogen) atoms. The largest absolute Gasteiger partial charge is 0.396 e. The Morgan fingerprint density at radius 3 is 2.47 bits per heavy atom. The quantitative estimate of drug-likeness (QED) is 0.545. The van der Waals surface area contributed by atoms with Gasteiger partial charge in [0.25, 0.3) is 0 Å². The van der Waals surface area contributed by atoms with E-state index in [9.17, 15) is 9.10 Å². The standard InChI is InChI=1S/C8H19O3PS3/c1-4-11-12(9,13)15(6-3)8-7-14(10)5-2/h4-8H2,1-3H3/p+1. The van der Waals surface area contributed by atoms with Crippen LogP contribution in [0.3, 0.4) is 0 Å². The van der Waals surface area contributed by atoms with Crippen LogP contribution in [0.4, 0.5) is 0 Å². The Bertz CT molecular complexity index is 247. The van der Waals surface area contributed by atoms with Crippen LogP contribution in [0.5, 0.6) is 0 Å². The fourth-order valence-corrected chi connectivity index (χ4v) is 9.16. The van der Waals surface area contributed by atoms with Gasteiger partial charge in [-0.05, 0) is 13.8 Å². The van der Waals surface area contributed by atoms with E-state index in [1.807, 2.05) is 20.8 Å². The van der Waals surface area contributed by atoms with Gasteiger partial charge in [-0.25, -0.2) is 0 Å². The first kappa shape index (κ1) is 16.1. The highest BCUT2D eigenvalue weighted by molar-refractivity contribution is 8.65. The molecule has 0 aliphatic carbocycles. The number of hydrogen-bond acceptors (Lipinski definition) is 3. The zero-order valence-electron chi connectivity index (χ0n) is 9.47. The van der Waals surface area contributed by atoms with E-state index in [-0.39, 0.29) is 10.5 Å². The molecule has 0 amide bonds. The summed E-state index contributed by atoms with van der Waals surface area (Å²) in [4.78, 5) is 9.98. The second-order valence-electron chi connectivity index (χ2n) is 2.77. The van der Waals surface area contributed by atoms with Crippen LogP contribution in [0.25, 0.3) is 0 Å². The lowest BCUT2D eigenvalue weighted by Crippen LogP contribution is -2.17. The van der Waals surface area contributed by atoms with Crippen molar-refractivity contribution in [3.05, 3.63) is 0 Å². The van der Waals surface area contributed by atoms with Gasteiger partial charge < -0.3 is 4.89 Å². The fraction of sp³-hybridized carbons (Fsp3) is 1.00. The van der Waals surface area contributed by atoms with Crippen molar-refractivity contribution in [3.8, 4) is 0 Å². The van der Waals surface area contributed by atoms with Crippen LogP contribution in [0, 0.1) is 0 Å². The Hall–Kier alpha value is 1.07. The Labute approximate surface area is 103 Å². The molecule has 0 aliphatic heterocycles. The van der Waals surface area contributed by atoms with E-state index in [0.717, 1.165) is 11.5 Å². The lowest BCUT2D eigenvalue weighted by molar-refractivity contribution is 0.340. The van der Waals surface area contributed by atoms with Crippen molar-refractivity contribution in [2.24, 2.45) is 0 Å². The number of rotatable bonds is 8. The van der Waals surface area contributed by atoms with E-state index in [4.69, 9.17) is 16.3 Å². The minimum atomic E-state index is -2.64. The topological polar surface area (TPSA) is 46.5 Å². The molecule has 7 heteroatoms. The molecule has 0 saturated heterocycles. The summed E-state index contributed by atoms with van der Waals surface area (Å²) in [6, 6.07) is 0. The summed E-state index contributed by atoms with van der Waals surface area (Å²) >= 11 is 5.11. The highest BCUT2D eigenvalue weighted by Crippen LogP contribution is 2.51. The maximum atomic E-state index is 11.3. The molecule has 0 radical (unpaired) electrons. The van der Waals surface area contributed by atoms with E-state index in [1.165, 1.54) is 0 Å². The van der Waals surface area contributed by atoms with Crippen LogP contribution in [0.1, 0.15) is 20.8 Å². The molecule has 0 fully saturated rings. The molecular weight excluding hydrogens is 271 g/mol. The minimum Gasteiger partial charge on any atom is -0.307 e. The van der Waals surface area contributed by atoms with Crippen molar-refractivity contribution in [3.63, 3.8) is 0 Å². The highest BCUT2D eigenvalue weighted by Gasteiger charge is 2.36. The van der Waals surface area contributed by atoms with Crippen LogP contribution in [-0.2, 0) is 37.6 Å². The van der Waals surface area contributed by atoms with Gasteiger partial charge in [-0.3, -0.25) is 8.73 Å². The second-order valence-corrected chi connectivity index (χ2v) is 13.0. The molecule has 3 nitrogen and oxygen atoms in total. The minimum absolute atomic E-state index is 0.298. The van der Waals surface area contributed by atoms with Gasteiger partial charge >= 0.3 is 5.69 Å². The number of hydrogen-bond donors (Lipinski definition) is 1. The van der Waals surface area contributed by atoms with Gasteiger partial charge in [0.2, 0.25) is 0 Å². The molecule has 0 aliphatic rings. The Morgan fingerprint density at radius 1 is 1.47 bits per heavy atom. The summed E-state index contributed by atoms with van der Waals surface area (Å²) in [5.74, 6) is 2.84. The highest BCUT2D eigenvalue weighted by atomic mass is 32.9. The van der Waals surface area contributed by atoms with Gasteiger partial charge in [0.15, 0.2) is 0 Å². The summed E-state index contributed by atoms with van der Waals surface area (Å²) in [6.07, 6.45) is 0. The van der Waals surface area contributed by atoms with Crippen molar-refractivity contribution >= 4 is 38.8 Å². The van der Waals surface area contributed by atoms with Gasteiger partial charge in [0.1, 0.15) is 11.5 Å². The lowest BCUT2D eigenvalue weighted by atomic mass is 10.9. The molecule has 0 aromatic carbocycles. The summed E-state index contributed by atoms with van der Waals surface area (Å²) < 4.78 is 16.5. The van der Waals surface area contributed by atoms with E-state index in [2.05, 4.69) is 0 Å². The third-order valence-electron chi connectivity index (χ3n) is 1.82. The maximum Gasteiger partial charge on any atom is 0.396 e. The molecule has 3 unspecified atom stereocenters. The summed E-state index contributed by atoms with van der Waals surface area (Å²) in [5, 5.41) is 0. The predicted octanol–water partition coefficient (Wildman–Crippen LogP) is 1.65. The molecule has 0 rings (SSSR count). The van der Waals surface area contributed by atoms with Crippen molar-refractivity contribution in [2.45, 2.75) is 20.8 Å². The zero-order valence-corrected chi connectivity index (χ0v) is 12.8. The van der Waals surface area contributed by atoms with Crippen molar-refractivity contribution in [1.29, 1.82) is 0 Å². The average molecular weight is 291 g/mol. The van der Waals surface area contributed by atoms with E-state index < -0.39 is 16.5 Å². The Kier molecular flexibility index (Phi) is 8.79. The summed E-state index contributed by atoms with van der Waals surface area (Å²) in [7, 11) is -1.07. The van der Waals surface area contributed by atoms with Gasteiger partial charge in [-0.2, -0.15) is 0 Å². The van der Waals surface area contributed by atoms with Crippen molar-refractivity contribution < 1.29 is 13.6 Å². The zero-order chi connectivity index (χ0) is 11.9. The molecular formula is C8H20O3PS3+. The molecule has 0 aromatic heterocycles. The van der Waals surface area contributed by atoms with Crippen molar-refractivity contribution in [1.82, 2.24) is 0 Å². The van der Waals surface area contributed by atoms with Gasteiger partial charge in [0, 0.05) is 28.4 Å². The van der Waals surface area contributed by atoms with Gasteiger partial charge in [-0.15, -0.1) is 0 Å². The van der Waals surface area contributed by atoms with Crippen LogP contribution in [-0.4, -0.2) is 38.7 Å². The second kappa shape index (κ2) is 8.20. The monoisotopic (exact) mass is 291 g/mol. The van der Waals surface area contributed by atoms with Crippen LogP contribution in [0.2, 0.25) is 0 Å². The predicted molar refractivity (Wildman–Crippen MR) is 74.5 cm³/mol. The SMILES string of the molecule is CCOP(O)(=S)[S+](CC)CCS(=O)CC. The summed E-state index contributed by atoms with van der Waals surface area (Å²) in [6.45, 7) is 6.18. The van der Waals surface area contributed by atoms with Crippen LogP contribution >= 0.6 is 5.69 Å². The van der Waals surface area contributed by atoms with Crippen LogP contribution in [0.15, 0.2) is 0 Å². The van der Waals surface area contributed by atoms with E-state index >= 15 is 0 Å². The van der Waals surface area contributed by atoms with Gasteiger partial charge in [0.05, 0.1) is 22.9 Å². The molecule has 0 bridgehead atoms. The summed E-state index contributed by atoms with van der Waals surface area (Å²) in [5.41, 5.74) is -2.64. The maximum absolute atomic E-state index is 11.3. The fourth-order valence-electron chi connectivity index (χ4n) is 0.994. The smallest absolute Gasteiger partial charge is 0.307 e. The molecule has 0 spiro atoms. The van der Waals surface area contributed by atoms with E-state index in [1.54, 1.807) is 0 Å². The molecule has 92 valence electrons. The van der Waals surface area contributed by atoms with E-state index in [0.29, 0.717) is 18.1 Å². The molecule has 0 heterocycles. The first-order chi connectivity index (χ1) is 6.97. The third kappa shape index (κ3) is 6.39. The molecule has 3 atom stereocenters. The van der Waals surface area contributed by atoms with Crippen molar-refractivity contribution in [2.75, 3.05) is 29.6 Å². The Morgan fingerprint density at radius 2 is 2.07 bits per heavy atom. The van der Waals surface area contributed by atoms with Gasteiger partial charge in [-0.1, -0.05) is 6.92 Å². The van der Waals surface area contributed by atoms with Crippen LogP contribution < -0.4 is 0 Å².